The van der Waals surface area contributed by atoms with Gasteiger partial charge in [-0.2, -0.15) is 0 Å². The number of hydrogen-bond donors (Lipinski definition) is 2. The van der Waals surface area contributed by atoms with Crippen molar-refractivity contribution in [2.45, 2.75) is 33.4 Å². The Hall–Kier alpha value is -1.82. The van der Waals surface area contributed by atoms with E-state index in [0.29, 0.717) is 19.1 Å². The molecule has 20 heavy (non-hydrogen) atoms. The minimum atomic E-state index is 0.116. The zero-order chi connectivity index (χ0) is 15.1. The minimum absolute atomic E-state index is 0.116. The predicted octanol–water partition coefficient (Wildman–Crippen LogP) is 1.15. The van der Waals surface area contributed by atoms with Crippen LogP contribution in [0.15, 0.2) is 11.2 Å². The lowest BCUT2D eigenvalue weighted by molar-refractivity contribution is 0.179. The second-order valence-electron chi connectivity index (χ2n) is 4.75. The van der Waals surface area contributed by atoms with Crippen LogP contribution in [-0.4, -0.2) is 37.8 Å². The molecule has 0 aliphatic rings. The Morgan fingerprint density at radius 2 is 2.15 bits per heavy atom. The van der Waals surface area contributed by atoms with Crippen LogP contribution in [0.1, 0.15) is 23.7 Å². The Bertz CT molecular complexity index is 474. The van der Waals surface area contributed by atoms with E-state index in [-0.39, 0.29) is 6.04 Å². The summed E-state index contributed by atoms with van der Waals surface area (Å²) in [7, 11) is 3.31. The van der Waals surface area contributed by atoms with Gasteiger partial charge in [0.1, 0.15) is 5.75 Å². The average Bonchev–Trinajstić information content (AvgIpc) is 2.38. The molecular formula is C14H24N4O2. The van der Waals surface area contributed by atoms with Gasteiger partial charge in [0.15, 0.2) is 5.96 Å². The lowest BCUT2D eigenvalue weighted by atomic mass is 10.1. The van der Waals surface area contributed by atoms with Crippen molar-refractivity contribution in [2.75, 3.05) is 20.8 Å². The van der Waals surface area contributed by atoms with Gasteiger partial charge in [0.25, 0.3) is 0 Å². The van der Waals surface area contributed by atoms with Crippen LogP contribution in [0, 0.1) is 13.8 Å². The van der Waals surface area contributed by atoms with Crippen molar-refractivity contribution in [3.8, 4) is 5.75 Å². The predicted molar refractivity (Wildman–Crippen MR) is 80.1 cm³/mol. The lowest BCUT2D eigenvalue weighted by Crippen LogP contribution is -2.40. The van der Waals surface area contributed by atoms with E-state index in [2.05, 4.69) is 15.3 Å². The highest BCUT2D eigenvalue weighted by Crippen LogP contribution is 2.24. The smallest absolute Gasteiger partial charge is 0.189 e. The van der Waals surface area contributed by atoms with Gasteiger partial charge in [0.2, 0.25) is 0 Å². The van der Waals surface area contributed by atoms with E-state index < -0.39 is 0 Å². The first kappa shape index (κ1) is 16.2. The number of aliphatic imine (C=N–C) groups is 1. The van der Waals surface area contributed by atoms with Crippen LogP contribution in [0.5, 0.6) is 5.75 Å². The van der Waals surface area contributed by atoms with Gasteiger partial charge in [-0.05, 0) is 20.8 Å². The average molecular weight is 280 g/mol. The van der Waals surface area contributed by atoms with E-state index in [1.54, 1.807) is 20.4 Å². The lowest BCUT2D eigenvalue weighted by Gasteiger charge is -2.14. The highest BCUT2D eigenvalue weighted by Gasteiger charge is 2.09. The quantitative estimate of drug-likeness (QED) is 0.603. The van der Waals surface area contributed by atoms with Crippen molar-refractivity contribution in [2.24, 2.45) is 10.7 Å². The summed E-state index contributed by atoms with van der Waals surface area (Å²) >= 11 is 0. The number of methoxy groups -OCH3 is 2. The summed E-state index contributed by atoms with van der Waals surface area (Å²) in [5.74, 6) is 1.24. The third-order valence-corrected chi connectivity index (χ3v) is 2.96. The number of nitrogens with two attached hydrogens (primary N) is 1. The third kappa shape index (κ3) is 4.38. The van der Waals surface area contributed by atoms with Gasteiger partial charge in [-0.1, -0.05) is 0 Å². The zero-order valence-corrected chi connectivity index (χ0v) is 12.9. The Morgan fingerprint density at radius 3 is 2.75 bits per heavy atom. The molecule has 0 amide bonds. The summed E-state index contributed by atoms with van der Waals surface area (Å²) in [6, 6.07) is 0.116. The summed E-state index contributed by atoms with van der Waals surface area (Å²) < 4.78 is 10.4. The van der Waals surface area contributed by atoms with E-state index in [1.807, 2.05) is 20.8 Å². The first-order valence-electron chi connectivity index (χ1n) is 6.54. The fraction of sp³-hybridized carbons (Fsp3) is 0.571. The highest BCUT2D eigenvalue weighted by molar-refractivity contribution is 5.78. The van der Waals surface area contributed by atoms with Crippen LogP contribution < -0.4 is 15.8 Å². The van der Waals surface area contributed by atoms with E-state index in [9.17, 15) is 0 Å². The molecule has 1 atom stereocenters. The molecule has 0 aromatic carbocycles. The van der Waals surface area contributed by atoms with Crippen molar-refractivity contribution in [3.05, 3.63) is 23.0 Å². The van der Waals surface area contributed by atoms with E-state index in [4.69, 9.17) is 15.2 Å². The molecule has 1 unspecified atom stereocenters. The molecule has 0 fully saturated rings. The molecule has 0 radical (unpaired) electrons. The Kier molecular flexibility index (Phi) is 6.24. The van der Waals surface area contributed by atoms with E-state index in [1.165, 1.54) is 0 Å². The number of rotatable bonds is 6. The number of ether oxygens (including phenoxy) is 2. The molecule has 1 rings (SSSR count). The number of aromatic nitrogens is 1. The Balaban J connectivity index is 2.74. The van der Waals surface area contributed by atoms with Crippen LogP contribution >= 0.6 is 0 Å². The van der Waals surface area contributed by atoms with Gasteiger partial charge < -0.3 is 20.5 Å². The largest absolute Gasteiger partial charge is 0.496 e. The van der Waals surface area contributed by atoms with Crippen LogP contribution in [0.3, 0.4) is 0 Å². The van der Waals surface area contributed by atoms with Gasteiger partial charge in [0.05, 0.1) is 26.0 Å². The minimum Gasteiger partial charge on any atom is -0.496 e. The molecule has 6 heteroatoms. The molecule has 0 saturated carbocycles. The maximum atomic E-state index is 5.83. The fourth-order valence-corrected chi connectivity index (χ4v) is 1.98. The van der Waals surface area contributed by atoms with Crippen LogP contribution in [0.25, 0.3) is 0 Å². The molecule has 1 heterocycles. The molecule has 0 bridgehead atoms. The number of pyridine rings is 1. The number of aryl methyl sites for hydroxylation is 1. The fourth-order valence-electron chi connectivity index (χ4n) is 1.98. The monoisotopic (exact) mass is 280 g/mol. The number of hydrogen-bond acceptors (Lipinski definition) is 4. The topological polar surface area (TPSA) is 81.8 Å². The van der Waals surface area contributed by atoms with Gasteiger partial charge in [-0.3, -0.25) is 4.98 Å². The van der Waals surface area contributed by atoms with Crippen molar-refractivity contribution in [3.63, 3.8) is 0 Å². The molecule has 3 N–H and O–H groups in total. The van der Waals surface area contributed by atoms with Crippen LogP contribution in [-0.2, 0) is 11.3 Å². The highest BCUT2D eigenvalue weighted by atomic mass is 16.5. The zero-order valence-electron chi connectivity index (χ0n) is 12.9. The van der Waals surface area contributed by atoms with Gasteiger partial charge in [0, 0.05) is 30.5 Å². The summed E-state index contributed by atoms with van der Waals surface area (Å²) in [5, 5.41) is 3.05. The SMILES string of the molecule is COCC(C)NC(N)=NCc1ncc(C)c(OC)c1C. The van der Waals surface area contributed by atoms with E-state index in [0.717, 1.165) is 22.6 Å². The summed E-state index contributed by atoms with van der Waals surface area (Å²) in [5.41, 5.74) is 8.69. The summed E-state index contributed by atoms with van der Waals surface area (Å²) in [6.07, 6.45) is 1.79. The third-order valence-electron chi connectivity index (χ3n) is 2.96. The summed E-state index contributed by atoms with van der Waals surface area (Å²) in [6.45, 7) is 6.91. The molecule has 0 saturated heterocycles. The van der Waals surface area contributed by atoms with Gasteiger partial charge in [-0.25, -0.2) is 4.99 Å². The molecule has 0 spiro atoms. The standard InChI is InChI=1S/C14H24N4O2/c1-9-6-16-12(11(3)13(9)20-5)7-17-14(15)18-10(2)8-19-4/h6,10H,7-8H2,1-5H3,(H3,15,17,18). The number of guanidine groups is 1. The van der Waals surface area contributed by atoms with Crippen molar-refractivity contribution >= 4 is 5.96 Å². The second-order valence-corrected chi connectivity index (χ2v) is 4.75. The maximum Gasteiger partial charge on any atom is 0.189 e. The molecule has 0 aliphatic carbocycles. The number of nitrogens with one attached hydrogen (secondary N) is 1. The Labute approximate surface area is 120 Å². The van der Waals surface area contributed by atoms with Gasteiger partial charge in [-0.15, -0.1) is 0 Å². The second kappa shape index (κ2) is 7.69. The molecule has 112 valence electrons. The van der Waals surface area contributed by atoms with E-state index >= 15 is 0 Å². The van der Waals surface area contributed by atoms with Crippen molar-refractivity contribution < 1.29 is 9.47 Å². The molecule has 6 nitrogen and oxygen atoms in total. The van der Waals surface area contributed by atoms with Crippen LogP contribution in [0.4, 0.5) is 0 Å². The normalized spacial score (nSPS) is 13.2. The van der Waals surface area contributed by atoms with Gasteiger partial charge >= 0.3 is 0 Å². The molecule has 0 aliphatic heterocycles. The first-order chi connectivity index (χ1) is 9.49. The van der Waals surface area contributed by atoms with Crippen LogP contribution in [0.2, 0.25) is 0 Å². The van der Waals surface area contributed by atoms with Crippen molar-refractivity contribution in [1.82, 2.24) is 10.3 Å². The Morgan fingerprint density at radius 1 is 1.45 bits per heavy atom. The maximum absolute atomic E-state index is 5.83. The molecule has 1 aromatic rings. The summed E-state index contributed by atoms with van der Waals surface area (Å²) in [4.78, 5) is 8.67. The molecular weight excluding hydrogens is 256 g/mol. The first-order valence-corrected chi connectivity index (χ1v) is 6.54. The number of nitrogens with zero attached hydrogens (tertiary/aromatic N) is 2. The molecule has 1 aromatic heterocycles. The van der Waals surface area contributed by atoms with Crippen molar-refractivity contribution in [1.29, 1.82) is 0 Å².